The maximum atomic E-state index is 3.67. The minimum absolute atomic E-state index is 0.813. The van der Waals surface area contributed by atoms with Crippen LogP contribution in [-0.2, 0) is 0 Å². The molecule has 22 heavy (non-hydrogen) atoms. The third-order valence-corrected chi connectivity index (χ3v) is 5.85. The molecule has 0 unspecified atom stereocenters. The molecule has 2 heteroatoms. The van der Waals surface area contributed by atoms with Gasteiger partial charge in [0.1, 0.15) is 0 Å². The molecule has 2 rings (SSSR count). The van der Waals surface area contributed by atoms with E-state index in [0.29, 0.717) is 0 Å². The number of nitrogens with zero attached hydrogens (tertiary/aromatic N) is 1. The summed E-state index contributed by atoms with van der Waals surface area (Å²) in [6, 6.07) is 2.56. The summed E-state index contributed by atoms with van der Waals surface area (Å²) in [6.07, 6.45) is 18.7. The van der Waals surface area contributed by atoms with Crippen LogP contribution in [0.2, 0.25) is 0 Å². The van der Waals surface area contributed by atoms with Crippen molar-refractivity contribution in [3.63, 3.8) is 0 Å². The second-order valence-corrected chi connectivity index (χ2v) is 7.75. The zero-order valence-corrected chi connectivity index (χ0v) is 15.3. The summed E-state index contributed by atoms with van der Waals surface area (Å²) in [5, 5.41) is 3.67. The normalized spacial score (nSPS) is 24.7. The fourth-order valence-electron chi connectivity index (χ4n) is 4.48. The Bertz CT molecular complexity index is 265. The van der Waals surface area contributed by atoms with Crippen molar-refractivity contribution in [3.05, 3.63) is 0 Å². The molecular weight excluding hydrogens is 268 g/mol. The minimum Gasteiger partial charge on any atom is -0.311 e. The second kappa shape index (κ2) is 10.6. The molecule has 0 aromatic carbocycles. The van der Waals surface area contributed by atoms with E-state index in [1.54, 1.807) is 0 Å². The summed E-state index contributed by atoms with van der Waals surface area (Å²) in [7, 11) is 0. The van der Waals surface area contributed by atoms with Crippen LogP contribution in [0.3, 0.4) is 0 Å². The molecule has 2 aliphatic heterocycles. The molecule has 0 radical (unpaired) electrons. The van der Waals surface area contributed by atoms with Gasteiger partial charge in [-0.25, -0.2) is 0 Å². The number of piperazine rings is 1. The molecule has 2 heterocycles. The first-order valence-corrected chi connectivity index (χ1v) is 10.3. The summed E-state index contributed by atoms with van der Waals surface area (Å²) in [5.41, 5.74) is 0. The smallest absolute Gasteiger partial charge is 0.0239 e. The lowest BCUT2D eigenvalue weighted by Crippen LogP contribution is -2.48. The Labute approximate surface area is 139 Å². The number of unbranched alkanes of at least 4 members (excludes halogenated alkanes) is 8. The van der Waals surface area contributed by atoms with Crippen molar-refractivity contribution in [1.29, 1.82) is 0 Å². The number of fused-ring (bicyclic) bond motifs is 2. The van der Waals surface area contributed by atoms with Crippen LogP contribution in [0.5, 0.6) is 0 Å². The quantitative estimate of drug-likeness (QED) is 0.475. The first-order valence-electron chi connectivity index (χ1n) is 10.3. The van der Waals surface area contributed by atoms with Gasteiger partial charge in [-0.3, -0.25) is 4.90 Å². The van der Waals surface area contributed by atoms with Crippen molar-refractivity contribution in [3.8, 4) is 0 Å². The average molecular weight is 309 g/mol. The number of hydrogen-bond acceptors (Lipinski definition) is 2. The van der Waals surface area contributed by atoms with Gasteiger partial charge in [0, 0.05) is 31.2 Å². The highest BCUT2D eigenvalue weighted by Gasteiger charge is 2.40. The Morgan fingerprint density at radius 1 is 0.864 bits per heavy atom. The topological polar surface area (TPSA) is 15.3 Å². The molecule has 0 spiro atoms. The molecule has 0 aromatic heterocycles. The molecule has 2 fully saturated rings. The van der Waals surface area contributed by atoms with Gasteiger partial charge in [0.05, 0.1) is 0 Å². The van der Waals surface area contributed by atoms with Gasteiger partial charge in [-0.1, -0.05) is 78.1 Å². The van der Waals surface area contributed by atoms with E-state index in [9.17, 15) is 0 Å². The van der Waals surface area contributed by atoms with E-state index in [0.717, 1.165) is 18.1 Å². The molecule has 130 valence electrons. The van der Waals surface area contributed by atoms with Gasteiger partial charge in [0.15, 0.2) is 0 Å². The Kier molecular flexibility index (Phi) is 8.84. The van der Waals surface area contributed by atoms with Crippen molar-refractivity contribution in [2.24, 2.45) is 0 Å². The third-order valence-electron chi connectivity index (χ3n) is 5.85. The molecule has 0 amide bonds. The molecule has 0 aromatic rings. The molecule has 2 nitrogen and oxygen atoms in total. The van der Waals surface area contributed by atoms with E-state index in [1.807, 2.05) is 0 Å². The predicted octanol–water partition coefficient (Wildman–Crippen LogP) is 5.12. The first-order chi connectivity index (χ1) is 10.8. The number of nitrogens with one attached hydrogen (secondary N) is 1. The predicted molar refractivity (Wildman–Crippen MR) is 97.4 cm³/mol. The van der Waals surface area contributed by atoms with Crippen LogP contribution in [0.4, 0.5) is 0 Å². The SMILES string of the molecule is CCCCCCCC(CCCCCCC)N1C[C@H]2C[C@@H]1CN2. The average Bonchev–Trinajstić information content (AvgIpc) is 3.15. The summed E-state index contributed by atoms with van der Waals surface area (Å²) in [5.74, 6) is 0. The van der Waals surface area contributed by atoms with Gasteiger partial charge in [0.2, 0.25) is 0 Å². The van der Waals surface area contributed by atoms with Crippen LogP contribution < -0.4 is 5.32 Å². The lowest BCUT2D eigenvalue weighted by molar-refractivity contribution is 0.138. The number of likely N-dealkylation sites (tertiary alicyclic amines) is 1. The molecule has 2 bridgehead atoms. The molecule has 0 saturated carbocycles. The van der Waals surface area contributed by atoms with Crippen LogP contribution in [0.25, 0.3) is 0 Å². The van der Waals surface area contributed by atoms with Gasteiger partial charge in [-0.2, -0.15) is 0 Å². The maximum absolute atomic E-state index is 3.67. The minimum atomic E-state index is 0.813. The Hall–Kier alpha value is -0.0800. The maximum Gasteiger partial charge on any atom is 0.0239 e. The molecule has 0 aliphatic carbocycles. The van der Waals surface area contributed by atoms with E-state index >= 15 is 0 Å². The van der Waals surface area contributed by atoms with Crippen LogP contribution in [-0.4, -0.2) is 36.1 Å². The Morgan fingerprint density at radius 3 is 1.91 bits per heavy atom. The Morgan fingerprint density at radius 2 is 1.45 bits per heavy atom. The van der Waals surface area contributed by atoms with Gasteiger partial charge >= 0.3 is 0 Å². The van der Waals surface area contributed by atoms with E-state index in [-0.39, 0.29) is 0 Å². The first kappa shape index (κ1) is 18.3. The molecule has 2 atom stereocenters. The standard InChI is InChI=1S/C20H40N2/c1-3-5-7-9-11-13-19(14-12-10-8-6-4-2)22-17-18-15-20(22)16-21-18/h18-21H,3-17H2,1-2H3/t18-,20-/m1/s1. The van der Waals surface area contributed by atoms with Crippen LogP contribution in [0.1, 0.15) is 97.3 Å². The molecule has 1 N–H and O–H groups in total. The number of hydrogen-bond donors (Lipinski definition) is 1. The second-order valence-electron chi connectivity index (χ2n) is 7.75. The van der Waals surface area contributed by atoms with Crippen molar-refractivity contribution in [2.75, 3.05) is 13.1 Å². The lowest BCUT2D eigenvalue weighted by Gasteiger charge is -2.35. The van der Waals surface area contributed by atoms with Crippen LogP contribution in [0.15, 0.2) is 0 Å². The summed E-state index contributed by atoms with van der Waals surface area (Å²) < 4.78 is 0. The third kappa shape index (κ3) is 5.85. The largest absolute Gasteiger partial charge is 0.311 e. The van der Waals surface area contributed by atoms with Gasteiger partial charge < -0.3 is 5.32 Å². The van der Waals surface area contributed by atoms with E-state index in [2.05, 4.69) is 24.1 Å². The van der Waals surface area contributed by atoms with Crippen molar-refractivity contribution < 1.29 is 0 Å². The number of rotatable bonds is 13. The summed E-state index contributed by atoms with van der Waals surface area (Å²) >= 11 is 0. The van der Waals surface area contributed by atoms with E-state index < -0.39 is 0 Å². The van der Waals surface area contributed by atoms with E-state index in [1.165, 1.54) is 96.6 Å². The highest BCUT2D eigenvalue weighted by Crippen LogP contribution is 2.29. The lowest BCUT2D eigenvalue weighted by atomic mass is 9.98. The van der Waals surface area contributed by atoms with Gasteiger partial charge in [-0.15, -0.1) is 0 Å². The van der Waals surface area contributed by atoms with Gasteiger partial charge in [-0.05, 0) is 19.3 Å². The fourth-order valence-corrected chi connectivity index (χ4v) is 4.48. The summed E-state index contributed by atoms with van der Waals surface area (Å²) in [4.78, 5) is 2.89. The fraction of sp³-hybridized carbons (Fsp3) is 1.00. The van der Waals surface area contributed by atoms with Crippen molar-refractivity contribution in [1.82, 2.24) is 10.2 Å². The van der Waals surface area contributed by atoms with Gasteiger partial charge in [0.25, 0.3) is 0 Å². The molecule has 2 aliphatic rings. The Balaban J connectivity index is 1.69. The van der Waals surface area contributed by atoms with Crippen molar-refractivity contribution in [2.45, 2.75) is 115 Å². The van der Waals surface area contributed by atoms with Crippen LogP contribution in [0, 0.1) is 0 Å². The highest BCUT2D eigenvalue weighted by atomic mass is 15.3. The molecular formula is C20H40N2. The van der Waals surface area contributed by atoms with Crippen molar-refractivity contribution >= 4 is 0 Å². The summed E-state index contributed by atoms with van der Waals surface area (Å²) in [6.45, 7) is 7.21. The van der Waals surface area contributed by atoms with E-state index in [4.69, 9.17) is 0 Å². The van der Waals surface area contributed by atoms with Crippen LogP contribution >= 0.6 is 0 Å². The zero-order chi connectivity index (χ0) is 15.6. The highest BCUT2D eigenvalue weighted by molar-refractivity contribution is 4.99. The molecule has 2 saturated heterocycles. The monoisotopic (exact) mass is 308 g/mol. The zero-order valence-electron chi connectivity index (χ0n) is 15.3.